The molecule has 2 rings (SSSR count). The molecule has 2 aromatic rings. The van der Waals surface area contributed by atoms with Crippen LogP contribution in [0.3, 0.4) is 0 Å². The number of aliphatic hydroxyl groups excluding tert-OH is 2. The molecule has 3 N–H and O–H groups in total. The lowest BCUT2D eigenvalue weighted by atomic mass is 10.1. The number of aromatic nitrogens is 3. The molecule has 1 atom stereocenters. The number of nitrogens with one attached hydrogen (secondary N) is 1. The van der Waals surface area contributed by atoms with E-state index in [0.29, 0.717) is 21.6 Å². The molecule has 1 heterocycles. The molecule has 0 aliphatic carbocycles. The van der Waals surface area contributed by atoms with Crippen LogP contribution in [0.25, 0.3) is 11.0 Å². The first-order chi connectivity index (χ1) is 6.72. The summed E-state index contributed by atoms with van der Waals surface area (Å²) in [5, 5.41) is 28.9. The van der Waals surface area contributed by atoms with E-state index in [1.807, 2.05) is 0 Å². The summed E-state index contributed by atoms with van der Waals surface area (Å²) < 4.78 is 0. The van der Waals surface area contributed by atoms with Crippen LogP contribution < -0.4 is 0 Å². The van der Waals surface area contributed by atoms with Crippen molar-refractivity contribution in [2.75, 3.05) is 6.61 Å². The minimum atomic E-state index is -0.985. The summed E-state index contributed by atoms with van der Waals surface area (Å²) in [6.07, 6.45) is -0.985. The molecule has 74 valence electrons. The molecule has 1 aromatic carbocycles. The van der Waals surface area contributed by atoms with Crippen LogP contribution in [0, 0.1) is 0 Å². The van der Waals surface area contributed by atoms with Gasteiger partial charge in [-0.05, 0) is 12.1 Å². The van der Waals surface area contributed by atoms with Gasteiger partial charge in [0, 0.05) is 10.6 Å². The van der Waals surface area contributed by atoms with Gasteiger partial charge in [0.2, 0.25) is 0 Å². The van der Waals surface area contributed by atoms with E-state index in [1.54, 1.807) is 12.1 Å². The maximum absolute atomic E-state index is 9.48. The molecule has 0 radical (unpaired) electrons. The van der Waals surface area contributed by atoms with E-state index in [-0.39, 0.29) is 6.61 Å². The van der Waals surface area contributed by atoms with Gasteiger partial charge in [0.1, 0.15) is 17.1 Å². The van der Waals surface area contributed by atoms with Crippen molar-refractivity contribution in [1.29, 1.82) is 0 Å². The third kappa shape index (κ3) is 1.45. The first-order valence-corrected chi connectivity index (χ1v) is 4.39. The largest absolute Gasteiger partial charge is 0.393 e. The third-order valence-corrected chi connectivity index (χ3v) is 2.17. The normalized spacial score (nSPS) is 13.4. The van der Waals surface area contributed by atoms with Gasteiger partial charge < -0.3 is 10.2 Å². The Morgan fingerprint density at radius 1 is 1.43 bits per heavy atom. The molecule has 14 heavy (non-hydrogen) atoms. The van der Waals surface area contributed by atoms with Crippen LogP contribution in [0.1, 0.15) is 11.7 Å². The van der Waals surface area contributed by atoms with Gasteiger partial charge in [0.25, 0.3) is 0 Å². The first kappa shape index (κ1) is 9.39. The average Bonchev–Trinajstić information content (AvgIpc) is 2.62. The zero-order valence-corrected chi connectivity index (χ0v) is 7.86. The Balaban J connectivity index is 2.66. The highest BCUT2D eigenvalue weighted by molar-refractivity contribution is 6.31. The van der Waals surface area contributed by atoms with Gasteiger partial charge in [-0.2, -0.15) is 15.4 Å². The summed E-state index contributed by atoms with van der Waals surface area (Å²) in [5.74, 6) is 0. The Bertz CT molecular complexity index is 457. The molecule has 1 aromatic heterocycles. The van der Waals surface area contributed by atoms with E-state index < -0.39 is 6.10 Å². The van der Waals surface area contributed by atoms with Crippen molar-refractivity contribution in [1.82, 2.24) is 15.4 Å². The van der Waals surface area contributed by atoms with Crippen LogP contribution in [0.4, 0.5) is 0 Å². The molecule has 6 heteroatoms. The highest BCUT2D eigenvalue weighted by Crippen LogP contribution is 2.25. The SMILES string of the molecule is OCC(O)c1cc(Cl)cc2n[nH]nc12. The molecule has 0 bridgehead atoms. The van der Waals surface area contributed by atoms with Gasteiger partial charge in [-0.1, -0.05) is 11.6 Å². The van der Waals surface area contributed by atoms with E-state index in [0.717, 1.165) is 0 Å². The van der Waals surface area contributed by atoms with Crippen molar-refractivity contribution < 1.29 is 10.2 Å². The topological polar surface area (TPSA) is 82.0 Å². The van der Waals surface area contributed by atoms with Gasteiger partial charge >= 0.3 is 0 Å². The summed E-state index contributed by atoms with van der Waals surface area (Å²) in [5.41, 5.74) is 1.57. The Morgan fingerprint density at radius 3 is 2.93 bits per heavy atom. The van der Waals surface area contributed by atoms with Crippen molar-refractivity contribution >= 4 is 22.6 Å². The Kier molecular flexibility index (Phi) is 2.37. The third-order valence-electron chi connectivity index (χ3n) is 1.95. The number of rotatable bonds is 2. The van der Waals surface area contributed by atoms with Gasteiger partial charge in [-0.15, -0.1) is 0 Å². The van der Waals surface area contributed by atoms with Crippen LogP contribution in [-0.2, 0) is 0 Å². The zero-order chi connectivity index (χ0) is 10.1. The number of fused-ring (bicyclic) bond motifs is 1. The van der Waals surface area contributed by atoms with Gasteiger partial charge in [0.15, 0.2) is 0 Å². The molecule has 0 amide bonds. The summed E-state index contributed by atoms with van der Waals surface area (Å²) in [7, 11) is 0. The molecule has 0 fully saturated rings. The van der Waals surface area contributed by atoms with Crippen LogP contribution in [-0.4, -0.2) is 32.2 Å². The Morgan fingerprint density at radius 2 is 2.21 bits per heavy atom. The standard InChI is InChI=1S/C8H8ClN3O2/c9-4-1-5(7(14)3-13)8-6(2-4)10-12-11-8/h1-2,7,13-14H,3H2,(H,10,11,12). The number of nitrogens with zero attached hydrogens (tertiary/aromatic N) is 2. The summed E-state index contributed by atoms with van der Waals surface area (Å²) in [6.45, 7) is -0.373. The van der Waals surface area contributed by atoms with Crippen molar-refractivity contribution in [2.24, 2.45) is 0 Å². The minimum Gasteiger partial charge on any atom is -0.393 e. The molecule has 0 aliphatic rings. The second-order valence-electron chi connectivity index (χ2n) is 2.88. The van der Waals surface area contributed by atoms with E-state index in [4.69, 9.17) is 16.7 Å². The molecule has 0 spiro atoms. The van der Waals surface area contributed by atoms with E-state index in [2.05, 4.69) is 15.4 Å². The lowest BCUT2D eigenvalue weighted by molar-refractivity contribution is 0.0966. The van der Waals surface area contributed by atoms with Gasteiger partial charge in [-0.25, -0.2) is 0 Å². The van der Waals surface area contributed by atoms with E-state index in [9.17, 15) is 5.11 Å². The smallest absolute Gasteiger partial charge is 0.118 e. The number of aromatic amines is 1. The number of H-pyrrole nitrogens is 1. The fourth-order valence-electron chi connectivity index (χ4n) is 1.29. The fourth-order valence-corrected chi connectivity index (χ4v) is 1.51. The van der Waals surface area contributed by atoms with Crippen LogP contribution in [0.2, 0.25) is 5.02 Å². The van der Waals surface area contributed by atoms with E-state index in [1.165, 1.54) is 0 Å². The molecule has 0 saturated carbocycles. The number of aliphatic hydroxyl groups is 2. The van der Waals surface area contributed by atoms with Crippen molar-refractivity contribution in [3.05, 3.63) is 22.7 Å². The number of hydrogen-bond donors (Lipinski definition) is 3. The summed E-state index contributed by atoms with van der Waals surface area (Å²) in [4.78, 5) is 0. The van der Waals surface area contributed by atoms with Crippen molar-refractivity contribution in [3.8, 4) is 0 Å². The number of benzene rings is 1. The van der Waals surface area contributed by atoms with Crippen LogP contribution >= 0.6 is 11.6 Å². The number of halogens is 1. The Hall–Kier alpha value is -1.17. The maximum Gasteiger partial charge on any atom is 0.118 e. The second-order valence-corrected chi connectivity index (χ2v) is 3.32. The van der Waals surface area contributed by atoms with Gasteiger partial charge in [0.05, 0.1) is 6.61 Å². The molecule has 0 saturated heterocycles. The lowest BCUT2D eigenvalue weighted by Gasteiger charge is -2.07. The molecule has 0 aliphatic heterocycles. The van der Waals surface area contributed by atoms with E-state index >= 15 is 0 Å². The maximum atomic E-state index is 9.48. The van der Waals surface area contributed by atoms with Gasteiger partial charge in [-0.3, -0.25) is 0 Å². The lowest BCUT2D eigenvalue weighted by Crippen LogP contribution is -2.03. The molecule has 1 unspecified atom stereocenters. The summed E-state index contributed by atoms with van der Waals surface area (Å²) >= 11 is 5.81. The van der Waals surface area contributed by atoms with Crippen molar-refractivity contribution in [3.63, 3.8) is 0 Å². The quantitative estimate of drug-likeness (QED) is 0.684. The predicted molar refractivity (Wildman–Crippen MR) is 50.9 cm³/mol. The fraction of sp³-hybridized carbons (Fsp3) is 0.250. The van der Waals surface area contributed by atoms with Crippen molar-refractivity contribution in [2.45, 2.75) is 6.10 Å². The molecule has 5 nitrogen and oxygen atoms in total. The minimum absolute atomic E-state index is 0.373. The highest BCUT2D eigenvalue weighted by atomic mass is 35.5. The Labute approximate surface area is 84.3 Å². The number of hydrogen-bond acceptors (Lipinski definition) is 4. The predicted octanol–water partition coefficient (Wildman–Crippen LogP) is 0.637. The average molecular weight is 214 g/mol. The summed E-state index contributed by atoms with van der Waals surface area (Å²) in [6, 6.07) is 3.20. The first-order valence-electron chi connectivity index (χ1n) is 4.01. The molecular weight excluding hydrogens is 206 g/mol. The highest BCUT2D eigenvalue weighted by Gasteiger charge is 2.13. The van der Waals surface area contributed by atoms with Crippen LogP contribution in [0.5, 0.6) is 0 Å². The molecular formula is C8H8ClN3O2. The zero-order valence-electron chi connectivity index (χ0n) is 7.11. The second kappa shape index (κ2) is 3.53. The van der Waals surface area contributed by atoms with Crippen LogP contribution in [0.15, 0.2) is 12.1 Å². The monoisotopic (exact) mass is 213 g/mol.